The van der Waals surface area contributed by atoms with Crippen LogP contribution >= 0.6 is 0 Å². The van der Waals surface area contributed by atoms with E-state index in [1.54, 1.807) is 10.4 Å². The summed E-state index contributed by atoms with van der Waals surface area (Å²) in [7, 11) is -3.46. The Morgan fingerprint density at radius 1 is 0.964 bits per heavy atom. The number of piperazine rings is 1. The number of nitrogens with one attached hydrogen (secondary N) is 1. The van der Waals surface area contributed by atoms with Crippen molar-refractivity contribution in [2.45, 2.75) is 56.4 Å². The number of benzene rings is 1. The van der Waals surface area contributed by atoms with Gasteiger partial charge in [0.25, 0.3) is 5.91 Å². The van der Waals surface area contributed by atoms with Crippen molar-refractivity contribution in [1.29, 1.82) is 0 Å². The van der Waals surface area contributed by atoms with Crippen LogP contribution in [0.25, 0.3) is 0 Å². The molecular formula is C21H32N3O3S+. The highest BCUT2D eigenvalue weighted by Crippen LogP contribution is 2.25. The van der Waals surface area contributed by atoms with Crippen LogP contribution < -0.4 is 4.90 Å². The number of carbonyl (C=O) groups is 1. The fraction of sp³-hybridized carbons (Fsp3) is 0.667. The minimum Gasteiger partial charge on any atom is -0.338 e. The van der Waals surface area contributed by atoms with Gasteiger partial charge in [0.1, 0.15) is 0 Å². The highest BCUT2D eigenvalue weighted by molar-refractivity contribution is 7.89. The molecule has 4 rings (SSSR count). The maximum atomic E-state index is 13.1. The summed E-state index contributed by atoms with van der Waals surface area (Å²) in [5.74, 6) is 0.221. The van der Waals surface area contributed by atoms with Crippen LogP contribution in [0.4, 0.5) is 0 Å². The molecule has 1 aromatic rings. The number of aryl methyl sites for hydroxylation is 2. The minimum absolute atomic E-state index is 0.0910. The summed E-state index contributed by atoms with van der Waals surface area (Å²) in [4.78, 5) is 16.3. The molecule has 0 radical (unpaired) electrons. The molecule has 2 saturated heterocycles. The Labute approximate surface area is 168 Å². The fourth-order valence-electron chi connectivity index (χ4n) is 4.85. The number of amides is 1. The van der Waals surface area contributed by atoms with Crippen molar-refractivity contribution in [3.63, 3.8) is 0 Å². The van der Waals surface area contributed by atoms with Crippen LogP contribution in [-0.2, 0) is 27.7 Å². The van der Waals surface area contributed by atoms with Gasteiger partial charge in [-0.2, -0.15) is 4.31 Å². The second-order valence-corrected chi connectivity index (χ2v) is 10.4. The van der Waals surface area contributed by atoms with Crippen LogP contribution in [0.1, 0.15) is 43.7 Å². The van der Waals surface area contributed by atoms with Gasteiger partial charge < -0.3 is 9.80 Å². The first-order valence-electron chi connectivity index (χ1n) is 10.7. The van der Waals surface area contributed by atoms with Crippen LogP contribution in [0.5, 0.6) is 0 Å². The third kappa shape index (κ3) is 3.84. The molecule has 0 saturated carbocycles. The van der Waals surface area contributed by atoms with Crippen molar-refractivity contribution in [2.24, 2.45) is 0 Å². The Hall–Kier alpha value is -1.44. The highest BCUT2D eigenvalue weighted by Gasteiger charge is 2.36. The van der Waals surface area contributed by atoms with Crippen molar-refractivity contribution in [1.82, 2.24) is 9.21 Å². The molecule has 1 aromatic carbocycles. The maximum absolute atomic E-state index is 13.1. The summed E-state index contributed by atoms with van der Waals surface area (Å²) in [6, 6.07) is 5.58. The second-order valence-electron chi connectivity index (χ2n) is 8.45. The maximum Gasteiger partial charge on any atom is 0.280 e. The zero-order valence-electron chi connectivity index (χ0n) is 16.8. The Morgan fingerprint density at radius 2 is 1.61 bits per heavy atom. The van der Waals surface area contributed by atoms with E-state index in [1.807, 2.05) is 24.0 Å². The van der Waals surface area contributed by atoms with Crippen LogP contribution in [0.2, 0.25) is 0 Å². The first kappa shape index (κ1) is 19.9. The van der Waals surface area contributed by atoms with E-state index in [2.05, 4.69) is 0 Å². The smallest absolute Gasteiger partial charge is 0.280 e. The van der Waals surface area contributed by atoms with Crippen LogP contribution in [0.3, 0.4) is 0 Å². The van der Waals surface area contributed by atoms with Crippen molar-refractivity contribution >= 4 is 15.9 Å². The normalized spacial score (nSPS) is 22.8. The number of quaternary nitrogens is 1. The number of nitrogens with zero attached hydrogens (tertiary/aromatic N) is 2. The molecule has 2 aliphatic heterocycles. The summed E-state index contributed by atoms with van der Waals surface area (Å²) in [6.45, 7) is 6.06. The van der Waals surface area contributed by atoms with Gasteiger partial charge in [0.15, 0.2) is 6.04 Å². The number of hydrogen-bond donors (Lipinski definition) is 1. The SMILES string of the molecule is C[C@@H](C(=O)N1CCCC1)[NH+]1CCN(S(=O)(=O)c2ccc3c(c2)CCCC3)CC1. The third-order valence-electron chi connectivity index (χ3n) is 6.72. The first-order chi connectivity index (χ1) is 13.5. The van der Waals surface area contributed by atoms with Crippen LogP contribution in [-0.4, -0.2) is 68.8 Å². The van der Waals surface area contributed by atoms with Gasteiger partial charge in [-0.05, 0) is 68.7 Å². The summed E-state index contributed by atoms with van der Waals surface area (Å²) in [5.41, 5.74) is 2.50. The molecule has 0 unspecified atom stereocenters. The Balaban J connectivity index is 1.40. The molecule has 0 bridgehead atoms. The average molecular weight is 407 g/mol. The number of likely N-dealkylation sites (tertiary alicyclic amines) is 1. The molecule has 7 heteroatoms. The lowest BCUT2D eigenvalue weighted by atomic mass is 9.92. The Bertz CT molecular complexity index is 825. The molecule has 1 amide bonds. The van der Waals surface area contributed by atoms with Gasteiger partial charge in [-0.1, -0.05) is 6.07 Å². The lowest BCUT2D eigenvalue weighted by Gasteiger charge is -2.35. The Kier molecular flexibility index (Phi) is 5.76. The standard InChI is InChI=1S/C21H31N3O3S/c1-17(21(25)23-10-4-5-11-23)22-12-14-24(15-13-22)28(26,27)20-9-8-18-6-2-3-7-19(18)16-20/h8-9,16-17H,2-7,10-15H2,1H3/p+1/t17-/m0/s1. The van der Waals surface area contributed by atoms with Gasteiger partial charge in [0.05, 0.1) is 31.1 Å². The van der Waals surface area contributed by atoms with Crippen molar-refractivity contribution in [3.8, 4) is 0 Å². The zero-order valence-corrected chi connectivity index (χ0v) is 17.6. The van der Waals surface area contributed by atoms with Crippen LogP contribution in [0.15, 0.2) is 23.1 Å². The van der Waals surface area contributed by atoms with E-state index in [0.29, 0.717) is 31.1 Å². The monoisotopic (exact) mass is 406 g/mol. The molecule has 6 nitrogen and oxygen atoms in total. The number of sulfonamides is 1. The summed E-state index contributed by atoms with van der Waals surface area (Å²) < 4.78 is 27.9. The number of fused-ring (bicyclic) bond motifs is 1. The van der Waals surface area contributed by atoms with Crippen molar-refractivity contribution in [3.05, 3.63) is 29.3 Å². The average Bonchev–Trinajstić information content (AvgIpc) is 3.27. The van der Waals surface area contributed by atoms with E-state index in [0.717, 1.165) is 45.2 Å². The predicted molar refractivity (Wildman–Crippen MR) is 108 cm³/mol. The molecule has 0 aromatic heterocycles. The lowest BCUT2D eigenvalue weighted by molar-refractivity contribution is -0.918. The molecular weight excluding hydrogens is 374 g/mol. The zero-order chi connectivity index (χ0) is 19.7. The van der Waals surface area contributed by atoms with Gasteiger partial charge in [-0.3, -0.25) is 4.79 Å². The van der Waals surface area contributed by atoms with E-state index >= 15 is 0 Å². The van der Waals surface area contributed by atoms with Gasteiger partial charge in [0, 0.05) is 13.1 Å². The van der Waals surface area contributed by atoms with Crippen molar-refractivity contribution < 1.29 is 18.1 Å². The molecule has 1 atom stereocenters. The molecule has 28 heavy (non-hydrogen) atoms. The molecule has 2 heterocycles. The van der Waals surface area contributed by atoms with Crippen molar-refractivity contribution in [2.75, 3.05) is 39.3 Å². The molecule has 2 fully saturated rings. The van der Waals surface area contributed by atoms with Gasteiger partial charge >= 0.3 is 0 Å². The number of rotatable bonds is 4. The molecule has 1 N–H and O–H groups in total. The quantitative estimate of drug-likeness (QED) is 0.791. The lowest BCUT2D eigenvalue weighted by Crippen LogP contribution is -3.19. The highest BCUT2D eigenvalue weighted by atomic mass is 32.2. The number of hydrogen-bond acceptors (Lipinski definition) is 3. The van der Waals surface area contributed by atoms with E-state index < -0.39 is 10.0 Å². The van der Waals surface area contributed by atoms with E-state index in [4.69, 9.17) is 0 Å². The van der Waals surface area contributed by atoms with Crippen LogP contribution in [0, 0.1) is 0 Å². The molecule has 154 valence electrons. The van der Waals surface area contributed by atoms with Gasteiger partial charge in [0.2, 0.25) is 10.0 Å². The Morgan fingerprint density at radius 3 is 2.29 bits per heavy atom. The topological polar surface area (TPSA) is 62.1 Å². The summed E-state index contributed by atoms with van der Waals surface area (Å²) in [6.07, 6.45) is 6.56. The molecule has 0 spiro atoms. The van der Waals surface area contributed by atoms with Gasteiger partial charge in [-0.15, -0.1) is 0 Å². The minimum atomic E-state index is -3.46. The third-order valence-corrected chi connectivity index (χ3v) is 8.62. The molecule has 3 aliphatic rings. The van der Waals surface area contributed by atoms with E-state index in [-0.39, 0.29) is 11.9 Å². The predicted octanol–water partition coefficient (Wildman–Crippen LogP) is 0.466. The van der Waals surface area contributed by atoms with E-state index in [1.165, 1.54) is 22.4 Å². The van der Waals surface area contributed by atoms with Gasteiger partial charge in [-0.25, -0.2) is 8.42 Å². The summed E-state index contributed by atoms with van der Waals surface area (Å²) >= 11 is 0. The second kappa shape index (κ2) is 8.13. The summed E-state index contributed by atoms with van der Waals surface area (Å²) in [5, 5.41) is 0. The van der Waals surface area contributed by atoms with E-state index in [9.17, 15) is 13.2 Å². The largest absolute Gasteiger partial charge is 0.338 e. The number of carbonyl (C=O) groups excluding carboxylic acids is 1. The molecule has 1 aliphatic carbocycles. The fourth-order valence-corrected chi connectivity index (χ4v) is 6.34. The first-order valence-corrected chi connectivity index (χ1v) is 12.2.